The van der Waals surface area contributed by atoms with E-state index in [1.165, 1.54) is 0 Å². The summed E-state index contributed by atoms with van der Waals surface area (Å²) < 4.78 is 53.9. The number of rotatable bonds is 5. The third-order valence-corrected chi connectivity index (χ3v) is 4.54. The third kappa shape index (κ3) is 4.10. The van der Waals surface area contributed by atoms with Gasteiger partial charge in [0.1, 0.15) is 0 Å². The Hall–Kier alpha value is -0.930. The Balaban J connectivity index is 2.80. The quantitative estimate of drug-likeness (QED) is 0.759. The summed E-state index contributed by atoms with van der Waals surface area (Å²) in [5.41, 5.74) is 1.04. The van der Waals surface area contributed by atoms with Gasteiger partial charge < -0.3 is 0 Å². The van der Waals surface area contributed by atoms with Crippen LogP contribution in [0.1, 0.15) is 17.8 Å². The van der Waals surface area contributed by atoms with Gasteiger partial charge in [0.2, 0.25) is 0 Å². The molecule has 98 valence electrons. The van der Waals surface area contributed by atoms with E-state index in [2.05, 4.69) is 5.10 Å². The Labute approximate surface area is 100 Å². The molecule has 9 heteroatoms. The van der Waals surface area contributed by atoms with Crippen LogP contribution in [0.4, 0.5) is 0 Å². The molecule has 0 bridgehead atoms. The van der Waals surface area contributed by atoms with Crippen molar-refractivity contribution in [3.63, 3.8) is 0 Å². The Morgan fingerprint density at radius 3 is 2.24 bits per heavy atom. The normalized spacial score (nSPS) is 12.9. The van der Waals surface area contributed by atoms with Crippen LogP contribution in [0.3, 0.4) is 0 Å². The molecule has 0 unspecified atom stereocenters. The maximum absolute atomic E-state index is 11.8. The molecule has 0 aromatic carbocycles. The molecule has 0 aliphatic carbocycles. The van der Waals surface area contributed by atoms with Crippen LogP contribution in [0.2, 0.25) is 0 Å². The van der Waals surface area contributed by atoms with Gasteiger partial charge in [0.05, 0.1) is 22.9 Å². The fourth-order valence-corrected chi connectivity index (χ4v) is 3.52. The molecule has 0 radical (unpaired) electrons. The predicted molar refractivity (Wildman–Crippen MR) is 61.9 cm³/mol. The lowest BCUT2D eigenvalue weighted by molar-refractivity contribution is 0.482. The van der Waals surface area contributed by atoms with Crippen molar-refractivity contribution in [2.75, 3.05) is 11.5 Å². The van der Waals surface area contributed by atoms with Crippen molar-refractivity contribution >= 4 is 20.1 Å². The molecule has 0 atom stereocenters. The first-order valence-corrected chi connectivity index (χ1v) is 8.05. The Morgan fingerprint density at radius 2 is 1.82 bits per heavy atom. The molecule has 1 aromatic rings. The maximum Gasteiger partial charge on any atom is 0.264 e. The summed E-state index contributed by atoms with van der Waals surface area (Å²) in [5, 5.41) is 3.81. The number of nitrogens with zero attached hydrogens (tertiary/aromatic N) is 2. The molecule has 0 spiro atoms. The van der Waals surface area contributed by atoms with Crippen LogP contribution in [0.15, 0.2) is 6.07 Å². The average Bonchev–Trinajstić information content (AvgIpc) is 2.43. The highest BCUT2D eigenvalue weighted by molar-refractivity contribution is 7.90. The summed E-state index contributed by atoms with van der Waals surface area (Å²) in [7, 11) is -7.79. The van der Waals surface area contributed by atoms with E-state index in [1.54, 1.807) is 19.9 Å². The lowest BCUT2D eigenvalue weighted by atomic mass is 10.4. The first-order valence-electron chi connectivity index (χ1n) is 4.83. The topological polar surface area (TPSA) is 106 Å². The van der Waals surface area contributed by atoms with E-state index in [0.29, 0.717) is 11.4 Å². The van der Waals surface area contributed by atoms with E-state index in [-0.39, 0.29) is 12.2 Å². The van der Waals surface area contributed by atoms with E-state index < -0.39 is 25.9 Å². The fraction of sp³-hybridized carbons (Fsp3) is 0.625. The summed E-state index contributed by atoms with van der Waals surface area (Å²) in [6.07, 6.45) is -0.167. The highest BCUT2D eigenvalue weighted by Gasteiger charge is 2.18. The van der Waals surface area contributed by atoms with Gasteiger partial charge in [-0.25, -0.2) is 8.42 Å². The summed E-state index contributed by atoms with van der Waals surface area (Å²) in [4.78, 5) is 0. The number of hydrogen-bond donors (Lipinski definition) is 1. The van der Waals surface area contributed by atoms with Gasteiger partial charge in [-0.3, -0.25) is 4.55 Å². The van der Waals surface area contributed by atoms with Gasteiger partial charge in [0, 0.05) is 0 Å². The molecule has 0 amide bonds. The minimum atomic E-state index is -4.13. The van der Waals surface area contributed by atoms with E-state index in [1.807, 2.05) is 0 Å². The SMILES string of the molecule is Cc1cc(C)n(S(=O)(=O)CCCS(=O)(=O)O)n1. The van der Waals surface area contributed by atoms with Crippen LogP contribution in [0.5, 0.6) is 0 Å². The monoisotopic (exact) mass is 282 g/mol. The highest BCUT2D eigenvalue weighted by Crippen LogP contribution is 2.07. The molecule has 7 nitrogen and oxygen atoms in total. The number of aromatic nitrogens is 2. The molecule has 17 heavy (non-hydrogen) atoms. The van der Waals surface area contributed by atoms with Crippen molar-refractivity contribution in [2.24, 2.45) is 0 Å². The van der Waals surface area contributed by atoms with Crippen LogP contribution in [-0.4, -0.2) is 42.1 Å². The molecule has 0 fully saturated rings. The second kappa shape index (κ2) is 4.75. The zero-order valence-corrected chi connectivity index (χ0v) is 11.1. The molecule has 0 aliphatic heterocycles. The van der Waals surface area contributed by atoms with Crippen LogP contribution in [0.25, 0.3) is 0 Å². The largest absolute Gasteiger partial charge is 0.286 e. The van der Waals surface area contributed by atoms with Gasteiger partial charge in [0.15, 0.2) is 0 Å². The average molecular weight is 282 g/mol. The van der Waals surface area contributed by atoms with E-state index >= 15 is 0 Å². The molecule has 1 aromatic heterocycles. The van der Waals surface area contributed by atoms with Crippen LogP contribution >= 0.6 is 0 Å². The molecule has 1 heterocycles. The summed E-state index contributed by atoms with van der Waals surface area (Å²) in [6, 6.07) is 1.61. The molecular weight excluding hydrogens is 268 g/mol. The van der Waals surface area contributed by atoms with Crippen LogP contribution in [0, 0.1) is 13.8 Å². The molecule has 1 rings (SSSR count). The van der Waals surface area contributed by atoms with E-state index in [9.17, 15) is 16.8 Å². The zero-order valence-electron chi connectivity index (χ0n) is 9.49. The van der Waals surface area contributed by atoms with Gasteiger partial charge in [0.25, 0.3) is 20.1 Å². The van der Waals surface area contributed by atoms with Crippen molar-refractivity contribution in [1.82, 2.24) is 9.19 Å². The Bertz CT molecular complexity index is 600. The lowest BCUT2D eigenvalue weighted by Crippen LogP contribution is -2.21. The van der Waals surface area contributed by atoms with Gasteiger partial charge in [-0.2, -0.15) is 17.6 Å². The summed E-state index contributed by atoms with van der Waals surface area (Å²) in [5.74, 6) is -0.958. The molecular formula is C8H14N2O5S2. The van der Waals surface area contributed by atoms with Crippen molar-refractivity contribution in [2.45, 2.75) is 20.3 Å². The predicted octanol–water partition coefficient (Wildman–Crippen LogP) is -0.0443. The van der Waals surface area contributed by atoms with Gasteiger partial charge in [-0.1, -0.05) is 0 Å². The minimum Gasteiger partial charge on any atom is -0.286 e. The standard InChI is InChI=1S/C8H14N2O5S2/c1-7-6-8(2)10(9-7)16(11,12)4-3-5-17(13,14)15/h6H,3-5H2,1-2H3,(H,13,14,15). The van der Waals surface area contributed by atoms with Crippen molar-refractivity contribution < 1.29 is 21.4 Å². The van der Waals surface area contributed by atoms with E-state index in [4.69, 9.17) is 4.55 Å². The van der Waals surface area contributed by atoms with Gasteiger partial charge >= 0.3 is 0 Å². The first-order chi connectivity index (χ1) is 7.62. The van der Waals surface area contributed by atoms with Gasteiger partial charge in [-0.15, -0.1) is 0 Å². The van der Waals surface area contributed by atoms with Crippen molar-refractivity contribution in [3.8, 4) is 0 Å². The van der Waals surface area contributed by atoms with Crippen molar-refractivity contribution in [3.05, 3.63) is 17.5 Å². The molecule has 0 saturated heterocycles. The number of hydrogen-bond acceptors (Lipinski definition) is 5. The second-order valence-electron chi connectivity index (χ2n) is 3.73. The summed E-state index contributed by atoms with van der Waals surface area (Å²) >= 11 is 0. The van der Waals surface area contributed by atoms with E-state index in [0.717, 1.165) is 4.09 Å². The lowest BCUT2D eigenvalue weighted by Gasteiger charge is -2.05. The Kier molecular flexibility index (Phi) is 3.95. The fourth-order valence-electron chi connectivity index (χ4n) is 1.40. The van der Waals surface area contributed by atoms with Crippen LogP contribution in [-0.2, 0) is 20.1 Å². The second-order valence-corrected chi connectivity index (χ2v) is 7.22. The smallest absolute Gasteiger partial charge is 0.264 e. The molecule has 1 N–H and O–H groups in total. The third-order valence-electron chi connectivity index (χ3n) is 2.04. The first kappa shape index (κ1) is 14.1. The van der Waals surface area contributed by atoms with Crippen LogP contribution < -0.4 is 0 Å². The Morgan fingerprint density at radius 1 is 1.24 bits per heavy atom. The molecule has 0 saturated carbocycles. The van der Waals surface area contributed by atoms with Crippen molar-refractivity contribution in [1.29, 1.82) is 0 Å². The summed E-state index contributed by atoms with van der Waals surface area (Å²) in [6.45, 7) is 3.26. The number of aryl methyl sites for hydroxylation is 2. The van der Waals surface area contributed by atoms with Gasteiger partial charge in [-0.05, 0) is 26.3 Å². The maximum atomic E-state index is 11.8. The minimum absolute atomic E-state index is 0.167. The zero-order chi connectivity index (χ0) is 13.3. The highest BCUT2D eigenvalue weighted by atomic mass is 32.2. The molecule has 0 aliphatic rings.